The van der Waals surface area contributed by atoms with Gasteiger partial charge in [0.1, 0.15) is 0 Å². The van der Waals surface area contributed by atoms with Crippen molar-refractivity contribution >= 4 is 5.91 Å². The molecule has 1 N–H and O–H groups in total. The predicted octanol–water partition coefficient (Wildman–Crippen LogP) is 3.02. The van der Waals surface area contributed by atoms with Crippen LogP contribution in [0.5, 0.6) is 11.5 Å². The van der Waals surface area contributed by atoms with Gasteiger partial charge in [-0.2, -0.15) is 0 Å². The normalized spacial score (nSPS) is 18.6. The molecule has 24 heavy (non-hydrogen) atoms. The van der Waals surface area contributed by atoms with E-state index < -0.39 is 0 Å². The maximum absolute atomic E-state index is 12.4. The summed E-state index contributed by atoms with van der Waals surface area (Å²) < 4.78 is 16.5. The lowest BCUT2D eigenvalue weighted by atomic mass is 9.74. The molecule has 132 valence electrons. The van der Waals surface area contributed by atoms with Gasteiger partial charge in [0.15, 0.2) is 11.5 Å². The summed E-state index contributed by atoms with van der Waals surface area (Å²) in [6, 6.07) is 6.14. The summed E-state index contributed by atoms with van der Waals surface area (Å²) in [5.74, 6) is 1.84. The fourth-order valence-corrected chi connectivity index (χ4v) is 3.62. The number of rotatable bonds is 6. The average molecular weight is 333 g/mol. The van der Waals surface area contributed by atoms with E-state index in [1.807, 2.05) is 6.07 Å². The fourth-order valence-electron chi connectivity index (χ4n) is 3.62. The third-order valence-corrected chi connectivity index (χ3v) is 5.39. The van der Waals surface area contributed by atoms with Gasteiger partial charge >= 0.3 is 0 Å². The zero-order valence-electron chi connectivity index (χ0n) is 14.6. The molecule has 5 heteroatoms. The lowest BCUT2D eigenvalue weighted by molar-refractivity contribution is -0.125. The minimum absolute atomic E-state index is 0.0960. The molecule has 1 aromatic rings. The Bertz CT molecular complexity index is 577. The van der Waals surface area contributed by atoms with E-state index in [-0.39, 0.29) is 24.0 Å². The predicted molar refractivity (Wildman–Crippen MR) is 91.4 cm³/mol. The highest BCUT2D eigenvalue weighted by atomic mass is 16.7. The van der Waals surface area contributed by atoms with Crippen molar-refractivity contribution in [3.8, 4) is 11.5 Å². The summed E-state index contributed by atoms with van der Waals surface area (Å²) in [7, 11) is 0. The molecule has 2 aliphatic heterocycles. The van der Waals surface area contributed by atoms with E-state index in [1.165, 1.54) is 5.56 Å². The highest BCUT2D eigenvalue weighted by Gasteiger charge is 2.36. The van der Waals surface area contributed by atoms with E-state index >= 15 is 0 Å². The quantitative estimate of drug-likeness (QED) is 0.869. The van der Waals surface area contributed by atoms with E-state index in [0.717, 1.165) is 50.4 Å². The van der Waals surface area contributed by atoms with Crippen molar-refractivity contribution in [2.45, 2.75) is 44.9 Å². The van der Waals surface area contributed by atoms with Crippen molar-refractivity contribution in [3.63, 3.8) is 0 Å². The van der Waals surface area contributed by atoms with E-state index in [2.05, 4.69) is 31.3 Å². The Morgan fingerprint density at radius 2 is 1.88 bits per heavy atom. The summed E-state index contributed by atoms with van der Waals surface area (Å²) in [6.45, 7) is 6.49. The monoisotopic (exact) mass is 333 g/mol. The molecule has 1 aromatic carbocycles. The van der Waals surface area contributed by atoms with Crippen molar-refractivity contribution in [1.82, 2.24) is 5.32 Å². The smallest absolute Gasteiger partial charge is 0.231 e. The number of nitrogens with one attached hydrogen (secondary N) is 1. The first-order valence-corrected chi connectivity index (χ1v) is 8.94. The summed E-state index contributed by atoms with van der Waals surface area (Å²) in [4.78, 5) is 12.4. The Balaban J connectivity index is 1.79. The molecular weight excluding hydrogens is 306 g/mol. The van der Waals surface area contributed by atoms with Crippen molar-refractivity contribution in [2.24, 2.45) is 5.92 Å². The zero-order valence-corrected chi connectivity index (χ0v) is 14.6. The van der Waals surface area contributed by atoms with Gasteiger partial charge in [-0.25, -0.2) is 0 Å². The van der Waals surface area contributed by atoms with Crippen LogP contribution in [0, 0.1) is 5.92 Å². The average Bonchev–Trinajstić information content (AvgIpc) is 3.09. The summed E-state index contributed by atoms with van der Waals surface area (Å²) in [5, 5.41) is 3.19. The summed E-state index contributed by atoms with van der Waals surface area (Å²) >= 11 is 0. The SMILES string of the molecule is CCC(CC)C(=O)NCC1(c2ccc3c(c2)OCO3)CCOCC1. The minimum atomic E-state index is -0.0963. The second-order valence-corrected chi connectivity index (χ2v) is 6.69. The molecular formula is C19H27NO4. The molecule has 0 aliphatic carbocycles. The van der Waals surface area contributed by atoms with Gasteiger partial charge in [-0.1, -0.05) is 19.9 Å². The molecule has 0 bridgehead atoms. The number of carbonyl (C=O) groups is 1. The van der Waals surface area contributed by atoms with Gasteiger partial charge in [-0.05, 0) is 43.4 Å². The maximum Gasteiger partial charge on any atom is 0.231 e. The molecule has 0 saturated carbocycles. The maximum atomic E-state index is 12.4. The molecule has 1 amide bonds. The van der Waals surface area contributed by atoms with E-state index in [9.17, 15) is 4.79 Å². The lowest BCUT2D eigenvalue weighted by Crippen LogP contribution is -2.46. The van der Waals surface area contributed by atoms with Crippen molar-refractivity contribution in [2.75, 3.05) is 26.6 Å². The molecule has 3 rings (SSSR count). The van der Waals surface area contributed by atoms with Crippen LogP contribution in [-0.2, 0) is 14.9 Å². The molecule has 0 aromatic heterocycles. The van der Waals surface area contributed by atoms with Crippen LogP contribution in [0.3, 0.4) is 0 Å². The Labute approximate surface area is 143 Å². The van der Waals surface area contributed by atoms with Crippen LogP contribution in [-0.4, -0.2) is 32.5 Å². The fraction of sp³-hybridized carbons (Fsp3) is 0.632. The molecule has 0 spiro atoms. The van der Waals surface area contributed by atoms with Crippen LogP contribution in [0.1, 0.15) is 45.1 Å². The Morgan fingerprint density at radius 3 is 2.58 bits per heavy atom. The summed E-state index contributed by atoms with van der Waals surface area (Å²) in [6.07, 6.45) is 3.55. The van der Waals surface area contributed by atoms with Crippen LogP contribution < -0.4 is 14.8 Å². The molecule has 5 nitrogen and oxygen atoms in total. The van der Waals surface area contributed by atoms with Gasteiger partial charge in [0.2, 0.25) is 12.7 Å². The highest BCUT2D eigenvalue weighted by Crippen LogP contribution is 2.40. The topological polar surface area (TPSA) is 56.8 Å². The molecule has 0 unspecified atom stereocenters. The van der Waals surface area contributed by atoms with Gasteiger partial charge in [0.25, 0.3) is 0 Å². The Kier molecular flexibility index (Phi) is 5.29. The number of ether oxygens (including phenoxy) is 3. The first-order valence-electron chi connectivity index (χ1n) is 8.94. The second kappa shape index (κ2) is 7.43. The molecule has 0 radical (unpaired) electrons. The van der Waals surface area contributed by atoms with Gasteiger partial charge in [0.05, 0.1) is 0 Å². The largest absolute Gasteiger partial charge is 0.454 e. The third kappa shape index (κ3) is 3.36. The van der Waals surface area contributed by atoms with E-state index in [4.69, 9.17) is 14.2 Å². The molecule has 0 atom stereocenters. The van der Waals surface area contributed by atoms with Crippen LogP contribution in [0.2, 0.25) is 0 Å². The number of hydrogen-bond acceptors (Lipinski definition) is 4. The third-order valence-electron chi connectivity index (χ3n) is 5.39. The number of benzene rings is 1. The van der Waals surface area contributed by atoms with E-state index in [1.54, 1.807) is 0 Å². The molecule has 1 saturated heterocycles. The standard InChI is InChI=1S/C19H27NO4/c1-3-14(4-2)18(21)20-12-19(7-9-22-10-8-19)15-5-6-16-17(11-15)24-13-23-16/h5-6,11,14H,3-4,7-10,12-13H2,1-2H3,(H,20,21). The molecule has 1 fully saturated rings. The first kappa shape index (κ1) is 17.1. The molecule has 2 heterocycles. The Morgan fingerprint density at radius 1 is 1.17 bits per heavy atom. The van der Waals surface area contributed by atoms with Gasteiger partial charge in [0, 0.05) is 31.1 Å². The number of amides is 1. The lowest BCUT2D eigenvalue weighted by Gasteiger charge is -2.38. The van der Waals surface area contributed by atoms with Crippen LogP contribution in [0.4, 0.5) is 0 Å². The van der Waals surface area contributed by atoms with Crippen LogP contribution in [0.15, 0.2) is 18.2 Å². The second-order valence-electron chi connectivity index (χ2n) is 6.69. The zero-order chi connectivity index (χ0) is 17.0. The van der Waals surface area contributed by atoms with Gasteiger partial charge in [-0.3, -0.25) is 4.79 Å². The first-order chi connectivity index (χ1) is 11.7. The van der Waals surface area contributed by atoms with Crippen LogP contribution in [0.25, 0.3) is 0 Å². The van der Waals surface area contributed by atoms with Gasteiger partial charge < -0.3 is 19.5 Å². The van der Waals surface area contributed by atoms with Crippen molar-refractivity contribution in [3.05, 3.63) is 23.8 Å². The number of fused-ring (bicyclic) bond motifs is 1. The Hall–Kier alpha value is -1.75. The van der Waals surface area contributed by atoms with Gasteiger partial charge in [-0.15, -0.1) is 0 Å². The molecule has 2 aliphatic rings. The van der Waals surface area contributed by atoms with E-state index in [0.29, 0.717) is 6.54 Å². The number of hydrogen-bond donors (Lipinski definition) is 1. The van der Waals surface area contributed by atoms with Crippen molar-refractivity contribution < 1.29 is 19.0 Å². The van der Waals surface area contributed by atoms with Crippen molar-refractivity contribution in [1.29, 1.82) is 0 Å². The van der Waals surface area contributed by atoms with Crippen LogP contribution >= 0.6 is 0 Å². The minimum Gasteiger partial charge on any atom is -0.454 e. The highest BCUT2D eigenvalue weighted by molar-refractivity contribution is 5.78. The number of carbonyl (C=O) groups excluding carboxylic acids is 1. The summed E-state index contributed by atoms with van der Waals surface area (Å²) in [5.41, 5.74) is 1.10.